The number of nitrogens with one attached hydrogen (secondary N) is 3. The lowest BCUT2D eigenvalue weighted by atomic mass is 10.1. The molecule has 29 heavy (non-hydrogen) atoms. The second kappa shape index (κ2) is 10.9. The molecule has 0 aliphatic heterocycles. The van der Waals surface area contributed by atoms with Gasteiger partial charge in [-0.15, -0.1) is 0 Å². The predicted octanol–water partition coefficient (Wildman–Crippen LogP) is 3.01. The molecule has 0 atom stereocenters. The van der Waals surface area contributed by atoms with E-state index in [0.29, 0.717) is 18.5 Å². The summed E-state index contributed by atoms with van der Waals surface area (Å²) in [6.07, 6.45) is 0.512. The molecule has 3 N–H and O–H groups in total. The van der Waals surface area contributed by atoms with Crippen LogP contribution in [-0.4, -0.2) is 38.2 Å². The highest BCUT2D eigenvalue weighted by Crippen LogP contribution is 2.15. The Morgan fingerprint density at radius 1 is 0.966 bits per heavy atom. The Bertz CT molecular complexity index is 829. The Balaban J connectivity index is 1.61. The van der Waals surface area contributed by atoms with Crippen molar-refractivity contribution in [2.45, 2.75) is 20.0 Å². The van der Waals surface area contributed by atoms with Gasteiger partial charge in [0.25, 0.3) is 5.91 Å². The topological polar surface area (TPSA) is 79.5 Å². The number of hydrogen-bond acceptors (Lipinski definition) is 3. The Morgan fingerprint density at radius 2 is 1.62 bits per heavy atom. The van der Waals surface area contributed by atoms with Crippen molar-refractivity contribution in [3.8, 4) is 5.75 Å². The average Bonchev–Trinajstić information content (AvgIpc) is 2.68. The third-order valence-corrected chi connectivity index (χ3v) is 3.98. The highest BCUT2D eigenvalue weighted by Gasteiger charge is 2.08. The highest BCUT2D eigenvalue weighted by atomic mass is 19.3. The smallest absolute Gasteiger partial charge is 0.387 e. The zero-order chi connectivity index (χ0) is 21.2. The van der Waals surface area contributed by atoms with Gasteiger partial charge in [-0.3, -0.25) is 4.79 Å². The summed E-state index contributed by atoms with van der Waals surface area (Å²) in [7, 11) is 0. The van der Waals surface area contributed by atoms with Crippen LogP contribution in [0.2, 0.25) is 0 Å². The Kier molecular flexibility index (Phi) is 8.32. The summed E-state index contributed by atoms with van der Waals surface area (Å²) in [5, 5.41) is 7.82. The lowest BCUT2D eigenvalue weighted by Gasteiger charge is -2.09. The number of aryl methyl sites for hydroxylation is 1. The quantitative estimate of drug-likeness (QED) is 0.557. The third-order valence-electron chi connectivity index (χ3n) is 3.98. The van der Waals surface area contributed by atoms with Gasteiger partial charge in [-0.25, -0.2) is 9.18 Å². The molecule has 0 fully saturated rings. The van der Waals surface area contributed by atoms with E-state index in [0.717, 1.165) is 11.6 Å². The van der Waals surface area contributed by atoms with Gasteiger partial charge in [0.05, 0.1) is 0 Å². The van der Waals surface area contributed by atoms with Crippen LogP contribution in [0.5, 0.6) is 5.75 Å². The number of alkyl halides is 2. The van der Waals surface area contributed by atoms with Gasteiger partial charge in [0.2, 0.25) is 0 Å². The molecule has 6 nitrogen and oxygen atoms in total. The molecule has 0 saturated heterocycles. The molecular formula is C20H22F3N3O3. The molecule has 0 saturated carbocycles. The number of ether oxygens (including phenoxy) is 1. The highest BCUT2D eigenvalue weighted by molar-refractivity contribution is 5.94. The van der Waals surface area contributed by atoms with Crippen LogP contribution in [0.1, 0.15) is 21.5 Å². The van der Waals surface area contributed by atoms with E-state index < -0.39 is 24.4 Å². The lowest BCUT2D eigenvalue weighted by molar-refractivity contribution is -0.0498. The number of urea groups is 1. The molecule has 2 aromatic rings. The van der Waals surface area contributed by atoms with E-state index in [1.165, 1.54) is 24.3 Å². The van der Waals surface area contributed by atoms with Gasteiger partial charge in [-0.1, -0.05) is 18.2 Å². The number of carbonyl (C=O) groups is 2. The van der Waals surface area contributed by atoms with Gasteiger partial charge in [0.1, 0.15) is 11.6 Å². The average molecular weight is 409 g/mol. The fraction of sp³-hybridized carbons (Fsp3) is 0.300. The molecule has 0 aliphatic carbocycles. The fourth-order valence-electron chi connectivity index (χ4n) is 2.41. The molecule has 3 amide bonds. The molecular weight excluding hydrogens is 387 g/mol. The number of hydrogen-bond donors (Lipinski definition) is 3. The van der Waals surface area contributed by atoms with E-state index in [9.17, 15) is 22.8 Å². The summed E-state index contributed by atoms with van der Waals surface area (Å²) in [5.74, 6) is -0.804. The third kappa shape index (κ3) is 7.73. The maximum absolute atomic E-state index is 13.5. The van der Waals surface area contributed by atoms with E-state index in [-0.39, 0.29) is 24.4 Å². The summed E-state index contributed by atoms with van der Waals surface area (Å²) >= 11 is 0. The van der Waals surface area contributed by atoms with Gasteiger partial charge in [0.15, 0.2) is 0 Å². The minimum absolute atomic E-state index is 0.0740. The van der Waals surface area contributed by atoms with E-state index in [4.69, 9.17) is 0 Å². The molecule has 0 bridgehead atoms. The first-order chi connectivity index (χ1) is 13.8. The SMILES string of the molecule is Cc1ccc(C(=O)NCCNC(=O)NCCc2ccc(OC(F)F)cc2)cc1F. The van der Waals surface area contributed by atoms with Crippen LogP contribution in [0, 0.1) is 12.7 Å². The van der Waals surface area contributed by atoms with E-state index in [2.05, 4.69) is 20.7 Å². The molecule has 0 radical (unpaired) electrons. The van der Waals surface area contributed by atoms with Crippen LogP contribution < -0.4 is 20.7 Å². The first-order valence-corrected chi connectivity index (χ1v) is 8.95. The van der Waals surface area contributed by atoms with Crippen LogP contribution >= 0.6 is 0 Å². The van der Waals surface area contributed by atoms with Gasteiger partial charge >= 0.3 is 12.6 Å². The van der Waals surface area contributed by atoms with Gasteiger partial charge in [-0.05, 0) is 48.7 Å². The normalized spacial score (nSPS) is 10.5. The number of amides is 3. The van der Waals surface area contributed by atoms with E-state index in [1.807, 2.05) is 0 Å². The Labute approximate surface area is 166 Å². The summed E-state index contributed by atoms with van der Waals surface area (Å²) in [5.41, 5.74) is 1.52. The molecule has 2 rings (SSSR count). The van der Waals surface area contributed by atoms with Crippen molar-refractivity contribution in [2.24, 2.45) is 0 Å². The van der Waals surface area contributed by atoms with Crippen molar-refractivity contribution in [3.05, 3.63) is 65.0 Å². The summed E-state index contributed by atoms with van der Waals surface area (Å²) in [6.45, 7) is -0.528. The second-order valence-electron chi connectivity index (χ2n) is 6.17. The largest absolute Gasteiger partial charge is 0.435 e. The predicted molar refractivity (Wildman–Crippen MR) is 102 cm³/mol. The molecule has 0 heterocycles. The van der Waals surface area contributed by atoms with Crippen molar-refractivity contribution in [1.29, 1.82) is 0 Å². The zero-order valence-electron chi connectivity index (χ0n) is 15.8. The van der Waals surface area contributed by atoms with Crippen molar-refractivity contribution in [1.82, 2.24) is 16.0 Å². The van der Waals surface area contributed by atoms with Crippen molar-refractivity contribution < 1.29 is 27.5 Å². The number of rotatable bonds is 9. The standard InChI is InChI=1S/C20H22F3N3O3/c1-13-2-5-15(12-17(13)21)18(27)24-10-11-26-20(28)25-9-8-14-3-6-16(7-4-14)29-19(22)23/h2-7,12,19H,8-11H2,1H3,(H,24,27)(H2,25,26,28). The van der Waals surface area contributed by atoms with Crippen LogP contribution in [0.25, 0.3) is 0 Å². The number of benzene rings is 2. The Hall–Kier alpha value is -3.23. The summed E-state index contributed by atoms with van der Waals surface area (Å²) in [6, 6.07) is 9.96. The van der Waals surface area contributed by atoms with Crippen LogP contribution in [0.3, 0.4) is 0 Å². The van der Waals surface area contributed by atoms with Gasteiger partial charge in [-0.2, -0.15) is 8.78 Å². The molecule has 0 spiro atoms. The van der Waals surface area contributed by atoms with Crippen LogP contribution in [0.15, 0.2) is 42.5 Å². The molecule has 0 aromatic heterocycles. The molecule has 0 aliphatic rings. The fourth-order valence-corrected chi connectivity index (χ4v) is 2.41. The van der Waals surface area contributed by atoms with Crippen molar-refractivity contribution in [3.63, 3.8) is 0 Å². The lowest BCUT2D eigenvalue weighted by Crippen LogP contribution is -2.40. The van der Waals surface area contributed by atoms with E-state index in [1.54, 1.807) is 19.1 Å². The van der Waals surface area contributed by atoms with Crippen molar-refractivity contribution in [2.75, 3.05) is 19.6 Å². The van der Waals surface area contributed by atoms with Gasteiger partial charge in [0, 0.05) is 25.2 Å². The number of carbonyl (C=O) groups excluding carboxylic acids is 2. The molecule has 0 unspecified atom stereocenters. The Morgan fingerprint density at radius 3 is 2.28 bits per heavy atom. The maximum atomic E-state index is 13.5. The minimum atomic E-state index is -2.87. The van der Waals surface area contributed by atoms with Crippen LogP contribution in [0.4, 0.5) is 18.0 Å². The minimum Gasteiger partial charge on any atom is -0.435 e. The molecule has 9 heteroatoms. The van der Waals surface area contributed by atoms with Crippen molar-refractivity contribution >= 4 is 11.9 Å². The maximum Gasteiger partial charge on any atom is 0.387 e. The molecule has 2 aromatic carbocycles. The van der Waals surface area contributed by atoms with Crippen LogP contribution in [-0.2, 0) is 6.42 Å². The summed E-state index contributed by atoms with van der Waals surface area (Å²) < 4.78 is 41.9. The first-order valence-electron chi connectivity index (χ1n) is 8.95. The first kappa shape index (κ1) is 22.1. The monoisotopic (exact) mass is 409 g/mol. The van der Waals surface area contributed by atoms with E-state index >= 15 is 0 Å². The van der Waals surface area contributed by atoms with Gasteiger partial charge < -0.3 is 20.7 Å². The zero-order valence-corrected chi connectivity index (χ0v) is 15.8. The molecule has 156 valence electrons. The number of halogens is 3. The summed E-state index contributed by atoms with van der Waals surface area (Å²) in [4.78, 5) is 23.6. The second-order valence-corrected chi connectivity index (χ2v) is 6.17.